The summed E-state index contributed by atoms with van der Waals surface area (Å²) in [4.78, 5) is 21.1. The van der Waals surface area contributed by atoms with Crippen molar-refractivity contribution in [3.63, 3.8) is 0 Å². The third-order valence-electron chi connectivity index (χ3n) is 5.33. The Morgan fingerprint density at radius 1 is 1.17 bits per heavy atom. The van der Waals surface area contributed by atoms with E-state index in [2.05, 4.69) is 42.8 Å². The lowest BCUT2D eigenvalue weighted by molar-refractivity contribution is 0.293. The number of anilines is 2. The first kappa shape index (κ1) is 13.7. The molecule has 3 aromatic rings. The van der Waals surface area contributed by atoms with Crippen molar-refractivity contribution in [3.05, 3.63) is 30.7 Å². The van der Waals surface area contributed by atoms with Crippen LogP contribution in [0.15, 0.2) is 30.7 Å². The van der Waals surface area contributed by atoms with E-state index >= 15 is 0 Å². The molecule has 0 spiro atoms. The fourth-order valence-corrected chi connectivity index (χ4v) is 4.17. The third-order valence-corrected chi connectivity index (χ3v) is 5.33. The van der Waals surface area contributed by atoms with Crippen LogP contribution in [0.25, 0.3) is 22.3 Å². The summed E-state index contributed by atoms with van der Waals surface area (Å²) in [6.45, 7) is 2.19. The molecule has 2 bridgehead atoms. The second-order valence-corrected chi connectivity index (χ2v) is 6.69. The number of likely N-dealkylation sites (tertiary alicyclic amines) is 1. The number of aromatic amines is 1. The number of fused-ring (bicyclic) bond motifs is 3. The standard InChI is InChI=1S/C17H19N7/c1-23-8-11-6-10(23)9-24(11)14-3-5-19-16-15(14)12(7-21-16)13-2-4-20-17(18)22-13/h2-5,7,10-11H,6,8-9H2,1H3,(H,19,21)(H2,18,20,22)/t10-,11-/m0/s1. The fraction of sp³-hybridized carbons (Fsp3) is 0.353. The number of nitrogen functional groups attached to an aromatic ring is 1. The van der Waals surface area contributed by atoms with E-state index in [1.807, 2.05) is 18.5 Å². The Hall–Kier alpha value is -2.67. The van der Waals surface area contributed by atoms with Crippen LogP contribution in [-0.2, 0) is 0 Å². The zero-order valence-corrected chi connectivity index (χ0v) is 13.5. The van der Waals surface area contributed by atoms with Crippen molar-refractivity contribution in [1.82, 2.24) is 24.8 Å². The molecule has 0 aromatic carbocycles. The summed E-state index contributed by atoms with van der Waals surface area (Å²) in [6.07, 6.45) is 6.77. The van der Waals surface area contributed by atoms with Gasteiger partial charge in [-0.2, -0.15) is 0 Å². The number of H-pyrrole nitrogens is 1. The predicted molar refractivity (Wildman–Crippen MR) is 93.7 cm³/mol. The number of piperazine rings is 1. The van der Waals surface area contributed by atoms with E-state index in [0.29, 0.717) is 12.1 Å². The first-order valence-electron chi connectivity index (χ1n) is 8.22. The van der Waals surface area contributed by atoms with Crippen LogP contribution in [0.4, 0.5) is 11.6 Å². The number of hydrogen-bond acceptors (Lipinski definition) is 6. The Kier molecular flexibility index (Phi) is 2.81. The second-order valence-electron chi connectivity index (χ2n) is 6.69. The van der Waals surface area contributed by atoms with Crippen LogP contribution in [0.3, 0.4) is 0 Å². The van der Waals surface area contributed by atoms with Crippen molar-refractivity contribution in [1.29, 1.82) is 0 Å². The highest BCUT2D eigenvalue weighted by Gasteiger charge is 2.42. The number of rotatable bonds is 2. The maximum atomic E-state index is 5.77. The summed E-state index contributed by atoms with van der Waals surface area (Å²) in [5.74, 6) is 0.286. The molecule has 2 aliphatic heterocycles. The number of nitrogens with one attached hydrogen (secondary N) is 1. The molecule has 7 nitrogen and oxygen atoms in total. The molecule has 2 aliphatic rings. The Morgan fingerprint density at radius 2 is 2.04 bits per heavy atom. The number of nitrogens with zero attached hydrogens (tertiary/aromatic N) is 5. The Balaban J connectivity index is 1.66. The van der Waals surface area contributed by atoms with Gasteiger partial charge >= 0.3 is 0 Å². The van der Waals surface area contributed by atoms with Gasteiger partial charge in [0.1, 0.15) is 5.65 Å². The summed E-state index contributed by atoms with van der Waals surface area (Å²) in [6, 6.07) is 5.23. The molecule has 2 saturated heterocycles. The van der Waals surface area contributed by atoms with Gasteiger partial charge in [-0.15, -0.1) is 0 Å². The molecule has 7 heteroatoms. The van der Waals surface area contributed by atoms with E-state index in [-0.39, 0.29) is 5.95 Å². The quantitative estimate of drug-likeness (QED) is 0.744. The van der Waals surface area contributed by atoms with E-state index in [1.54, 1.807) is 6.20 Å². The SMILES string of the molecule is CN1C[C@@H]2C[C@H]1CN2c1ccnc2[nH]cc(-c3ccnc(N)n3)c12. The number of hydrogen-bond donors (Lipinski definition) is 2. The molecule has 3 N–H and O–H groups in total. The van der Waals surface area contributed by atoms with Gasteiger partial charge in [-0.05, 0) is 25.6 Å². The summed E-state index contributed by atoms with van der Waals surface area (Å²) >= 11 is 0. The van der Waals surface area contributed by atoms with Crippen LogP contribution < -0.4 is 10.6 Å². The number of likely N-dealkylation sites (N-methyl/N-ethyl adjacent to an activating group) is 1. The maximum Gasteiger partial charge on any atom is 0.220 e. The van der Waals surface area contributed by atoms with Crippen LogP contribution in [0.2, 0.25) is 0 Å². The van der Waals surface area contributed by atoms with Crippen LogP contribution in [0.1, 0.15) is 6.42 Å². The van der Waals surface area contributed by atoms with Crippen LogP contribution in [0.5, 0.6) is 0 Å². The lowest BCUT2D eigenvalue weighted by atomic mass is 10.1. The summed E-state index contributed by atoms with van der Waals surface area (Å²) in [7, 11) is 2.22. The van der Waals surface area contributed by atoms with E-state index in [0.717, 1.165) is 35.4 Å². The summed E-state index contributed by atoms with van der Waals surface area (Å²) in [5, 5.41) is 1.12. The van der Waals surface area contributed by atoms with Crippen molar-refractivity contribution in [2.75, 3.05) is 30.8 Å². The Labute approximate surface area is 139 Å². The average Bonchev–Trinajstić information content (AvgIpc) is 3.27. The predicted octanol–water partition coefficient (Wildman–Crippen LogP) is 1.49. The van der Waals surface area contributed by atoms with Crippen molar-refractivity contribution in [2.24, 2.45) is 0 Å². The van der Waals surface area contributed by atoms with Gasteiger partial charge in [0.2, 0.25) is 5.95 Å². The highest BCUT2D eigenvalue weighted by molar-refractivity contribution is 6.02. The third kappa shape index (κ3) is 1.91. The number of aromatic nitrogens is 4. The van der Waals surface area contributed by atoms with E-state index < -0.39 is 0 Å². The Morgan fingerprint density at radius 3 is 2.79 bits per heavy atom. The van der Waals surface area contributed by atoms with Gasteiger partial charge in [-0.1, -0.05) is 0 Å². The fourth-order valence-electron chi connectivity index (χ4n) is 4.17. The molecular weight excluding hydrogens is 302 g/mol. The molecule has 5 rings (SSSR count). The zero-order valence-electron chi connectivity index (χ0n) is 13.5. The molecule has 3 aromatic heterocycles. The minimum Gasteiger partial charge on any atom is -0.368 e. The molecule has 5 heterocycles. The lowest BCUT2D eigenvalue weighted by Crippen LogP contribution is -2.44. The zero-order chi connectivity index (χ0) is 16.3. The topological polar surface area (TPSA) is 87.0 Å². The lowest BCUT2D eigenvalue weighted by Gasteiger charge is -2.34. The van der Waals surface area contributed by atoms with Crippen LogP contribution in [-0.4, -0.2) is 57.1 Å². The Bertz CT molecular complexity index is 916. The van der Waals surface area contributed by atoms with Gasteiger partial charge in [0.05, 0.1) is 16.8 Å². The first-order chi connectivity index (χ1) is 11.7. The smallest absolute Gasteiger partial charge is 0.220 e. The molecule has 0 unspecified atom stereocenters. The van der Waals surface area contributed by atoms with Crippen LogP contribution in [0, 0.1) is 0 Å². The number of nitrogens with two attached hydrogens (primary N) is 1. The first-order valence-corrected chi connectivity index (χ1v) is 8.22. The minimum absolute atomic E-state index is 0.286. The van der Waals surface area contributed by atoms with Gasteiger partial charge in [0.25, 0.3) is 0 Å². The molecular formula is C17H19N7. The van der Waals surface area contributed by atoms with Crippen molar-refractivity contribution < 1.29 is 0 Å². The van der Waals surface area contributed by atoms with E-state index in [1.165, 1.54) is 12.1 Å². The molecule has 0 radical (unpaired) electrons. The molecule has 0 saturated carbocycles. The van der Waals surface area contributed by atoms with Crippen LogP contribution >= 0.6 is 0 Å². The van der Waals surface area contributed by atoms with Gasteiger partial charge < -0.3 is 15.6 Å². The molecule has 24 heavy (non-hydrogen) atoms. The highest BCUT2D eigenvalue weighted by atomic mass is 15.3. The van der Waals surface area contributed by atoms with Crippen molar-refractivity contribution in [2.45, 2.75) is 18.5 Å². The molecule has 0 amide bonds. The maximum absolute atomic E-state index is 5.77. The molecule has 2 atom stereocenters. The molecule has 2 fully saturated rings. The molecule has 0 aliphatic carbocycles. The van der Waals surface area contributed by atoms with Gasteiger partial charge in [0, 0.05) is 49.3 Å². The molecule has 122 valence electrons. The van der Waals surface area contributed by atoms with Crippen molar-refractivity contribution >= 4 is 22.7 Å². The minimum atomic E-state index is 0.286. The van der Waals surface area contributed by atoms with E-state index in [9.17, 15) is 0 Å². The monoisotopic (exact) mass is 321 g/mol. The normalized spacial score (nSPS) is 23.5. The van der Waals surface area contributed by atoms with Gasteiger partial charge in [0.15, 0.2) is 0 Å². The largest absolute Gasteiger partial charge is 0.368 e. The van der Waals surface area contributed by atoms with Gasteiger partial charge in [-0.3, -0.25) is 4.90 Å². The van der Waals surface area contributed by atoms with Gasteiger partial charge in [-0.25, -0.2) is 15.0 Å². The summed E-state index contributed by atoms with van der Waals surface area (Å²) < 4.78 is 0. The van der Waals surface area contributed by atoms with Crippen molar-refractivity contribution in [3.8, 4) is 11.3 Å². The highest BCUT2D eigenvalue weighted by Crippen LogP contribution is 2.40. The second kappa shape index (κ2) is 4.91. The summed E-state index contributed by atoms with van der Waals surface area (Å²) in [5.41, 5.74) is 9.74. The number of pyridine rings is 1. The van der Waals surface area contributed by atoms with E-state index in [4.69, 9.17) is 5.73 Å². The average molecular weight is 321 g/mol.